The second kappa shape index (κ2) is 7.04. The van der Waals surface area contributed by atoms with E-state index in [1.54, 1.807) is 24.5 Å². The molecule has 1 amide bonds. The van der Waals surface area contributed by atoms with Crippen molar-refractivity contribution in [3.05, 3.63) is 51.7 Å². The first-order valence-electron chi connectivity index (χ1n) is 6.66. The predicted octanol–water partition coefficient (Wildman–Crippen LogP) is 3.28. The molecule has 2 aromatic rings. The highest BCUT2D eigenvalue weighted by Crippen LogP contribution is 2.17. The van der Waals surface area contributed by atoms with Gasteiger partial charge in [-0.05, 0) is 55.5 Å². The number of rotatable bonds is 5. The van der Waals surface area contributed by atoms with E-state index in [9.17, 15) is 4.79 Å². The molecule has 0 aliphatic rings. The summed E-state index contributed by atoms with van der Waals surface area (Å²) in [4.78, 5) is 12.9. The number of thiophene rings is 1. The molecule has 0 fully saturated rings. The number of nitrogens with zero attached hydrogens (tertiary/aromatic N) is 1. The molecule has 1 aromatic heterocycles. The summed E-state index contributed by atoms with van der Waals surface area (Å²) in [5, 5.41) is 5.87. The van der Waals surface area contributed by atoms with Gasteiger partial charge in [-0.2, -0.15) is 5.10 Å². The largest absolute Gasteiger partial charge is 0.481 e. The van der Waals surface area contributed by atoms with E-state index in [-0.39, 0.29) is 5.91 Å². The Morgan fingerprint density at radius 2 is 2.05 bits per heavy atom. The van der Waals surface area contributed by atoms with Crippen molar-refractivity contribution in [2.45, 2.75) is 26.9 Å². The van der Waals surface area contributed by atoms with E-state index in [2.05, 4.69) is 16.6 Å². The third-order valence-corrected chi connectivity index (χ3v) is 3.59. The Labute approximate surface area is 128 Å². The third-order valence-electron chi connectivity index (χ3n) is 2.79. The molecule has 2 rings (SSSR count). The van der Waals surface area contributed by atoms with Crippen LogP contribution in [0.5, 0.6) is 5.75 Å². The fourth-order valence-electron chi connectivity index (χ4n) is 1.87. The van der Waals surface area contributed by atoms with E-state index in [0.29, 0.717) is 5.75 Å². The van der Waals surface area contributed by atoms with Crippen molar-refractivity contribution < 1.29 is 9.53 Å². The van der Waals surface area contributed by atoms with Crippen molar-refractivity contribution in [1.82, 2.24) is 5.43 Å². The molecule has 1 aromatic carbocycles. The molecule has 0 saturated heterocycles. The van der Waals surface area contributed by atoms with Gasteiger partial charge in [0.2, 0.25) is 0 Å². The minimum Gasteiger partial charge on any atom is -0.481 e. The van der Waals surface area contributed by atoms with Gasteiger partial charge in [0, 0.05) is 4.88 Å². The molecule has 5 heteroatoms. The average molecular weight is 302 g/mol. The Bertz CT molecular complexity index is 615. The van der Waals surface area contributed by atoms with Gasteiger partial charge in [-0.25, -0.2) is 5.43 Å². The first kappa shape index (κ1) is 15.3. The zero-order chi connectivity index (χ0) is 15.2. The Morgan fingerprint density at radius 3 is 2.67 bits per heavy atom. The van der Waals surface area contributed by atoms with Gasteiger partial charge in [-0.1, -0.05) is 12.1 Å². The summed E-state index contributed by atoms with van der Waals surface area (Å²) >= 11 is 1.56. The molecule has 0 spiro atoms. The molecule has 1 heterocycles. The molecule has 1 atom stereocenters. The highest BCUT2D eigenvalue weighted by molar-refractivity contribution is 7.11. The number of amides is 1. The van der Waals surface area contributed by atoms with Gasteiger partial charge in [0.15, 0.2) is 6.10 Å². The summed E-state index contributed by atoms with van der Waals surface area (Å²) in [7, 11) is 0. The predicted molar refractivity (Wildman–Crippen MR) is 86.1 cm³/mol. The third kappa shape index (κ3) is 4.72. The summed E-state index contributed by atoms with van der Waals surface area (Å²) in [6.07, 6.45) is 1.01. The second-order valence-corrected chi connectivity index (χ2v) is 5.81. The molecule has 0 radical (unpaired) electrons. The number of hydrazone groups is 1. The Kier molecular flexibility index (Phi) is 5.11. The standard InChI is InChI=1S/C16H18N2O2S/c1-11-7-12(2)9-14(8-11)20-13(3)16(19)18-17-10-15-5-4-6-21-15/h4-10,13H,1-3H3,(H,18,19)/t13-/m1/s1. The molecule has 0 aliphatic carbocycles. The molecule has 4 nitrogen and oxygen atoms in total. The van der Waals surface area contributed by atoms with Crippen molar-refractivity contribution in [2.75, 3.05) is 0 Å². The summed E-state index contributed by atoms with van der Waals surface area (Å²) in [6.45, 7) is 5.69. The number of ether oxygens (including phenoxy) is 1. The van der Waals surface area contributed by atoms with Gasteiger partial charge in [0.1, 0.15) is 5.75 Å². The van der Waals surface area contributed by atoms with Crippen LogP contribution in [0.25, 0.3) is 0 Å². The SMILES string of the molecule is Cc1cc(C)cc(O[C@H](C)C(=O)NN=Cc2cccs2)c1. The molecule has 1 N–H and O–H groups in total. The van der Waals surface area contributed by atoms with Crippen LogP contribution in [0.1, 0.15) is 22.9 Å². The highest BCUT2D eigenvalue weighted by Gasteiger charge is 2.14. The normalized spacial score (nSPS) is 12.3. The van der Waals surface area contributed by atoms with Crippen LogP contribution >= 0.6 is 11.3 Å². The van der Waals surface area contributed by atoms with Crippen LogP contribution in [0.2, 0.25) is 0 Å². The summed E-state index contributed by atoms with van der Waals surface area (Å²) in [6, 6.07) is 9.73. The van der Waals surface area contributed by atoms with Crippen LogP contribution in [-0.4, -0.2) is 18.2 Å². The molecule has 0 aliphatic heterocycles. The van der Waals surface area contributed by atoms with Crippen LogP contribution in [0.15, 0.2) is 40.8 Å². The van der Waals surface area contributed by atoms with Crippen LogP contribution in [0, 0.1) is 13.8 Å². The van der Waals surface area contributed by atoms with Crippen molar-refractivity contribution in [2.24, 2.45) is 5.10 Å². The molecule has 110 valence electrons. The monoisotopic (exact) mass is 302 g/mol. The quantitative estimate of drug-likeness (QED) is 0.680. The van der Waals surface area contributed by atoms with Gasteiger partial charge in [-0.15, -0.1) is 11.3 Å². The molecular formula is C16H18N2O2S. The van der Waals surface area contributed by atoms with Gasteiger partial charge in [0.05, 0.1) is 6.21 Å². The number of hydrogen-bond acceptors (Lipinski definition) is 4. The van der Waals surface area contributed by atoms with Gasteiger partial charge >= 0.3 is 0 Å². The van der Waals surface area contributed by atoms with Crippen LogP contribution in [0.3, 0.4) is 0 Å². The van der Waals surface area contributed by atoms with Gasteiger partial charge < -0.3 is 4.74 Å². The molecule has 0 unspecified atom stereocenters. The highest BCUT2D eigenvalue weighted by atomic mass is 32.1. The lowest BCUT2D eigenvalue weighted by atomic mass is 10.1. The number of aryl methyl sites for hydroxylation is 2. The van der Waals surface area contributed by atoms with Crippen LogP contribution in [0.4, 0.5) is 0 Å². The average Bonchev–Trinajstić information content (AvgIpc) is 2.90. The maximum Gasteiger partial charge on any atom is 0.280 e. The molecule has 21 heavy (non-hydrogen) atoms. The molecular weight excluding hydrogens is 284 g/mol. The van der Waals surface area contributed by atoms with E-state index >= 15 is 0 Å². The molecule has 0 bridgehead atoms. The van der Waals surface area contributed by atoms with Crippen molar-refractivity contribution in [3.63, 3.8) is 0 Å². The second-order valence-electron chi connectivity index (χ2n) is 4.83. The number of carbonyl (C=O) groups excluding carboxylic acids is 1. The smallest absolute Gasteiger partial charge is 0.280 e. The first-order chi connectivity index (χ1) is 10.0. The summed E-state index contributed by atoms with van der Waals surface area (Å²) in [5.74, 6) is 0.416. The van der Waals surface area contributed by atoms with E-state index < -0.39 is 6.10 Å². The van der Waals surface area contributed by atoms with E-state index in [0.717, 1.165) is 16.0 Å². The number of carbonyl (C=O) groups is 1. The van der Waals surface area contributed by atoms with Crippen LogP contribution < -0.4 is 10.2 Å². The Balaban J connectivity index is 1.90. The van der Waals surface area contributed by atoms with Crippen molar-refractivity contribution in [1.29, 1.82) is 0 Å². The van der Waals surface area contributed by atoms with Gasteiger partial charge in [0.25, 0.3) is 5.91 Å². The van der Waals surface area contributed by atoms with E-state index in [4.69, 9.17) is 4.74 Å². The number of benzene rings is 1. The zero-order valence-corrected chi connectivity index (χ0v) is 13.1. The van der Waals surface area contributed by atoms with E-state index in [1.807, 2.05) is 43.5 Å². The fraction of sp³-hybridized carbons (Fsp3) is 0.250. The summed E-state index contributed by atoms with van der Waals surface area (Å²) < 4.78 is 5.64. The fourth-order valence-corrected chi connectivity index (χ4v) is 2.46. The van der Waals surface area contributed by atoms with E-state index in [1.165, 1.54) is 0 Å². The van der Waals surface area contributed by atoms with Crippen LogP contribution in [-0.2, 0) is 4.79 Å². The topological polar surface area (TPSA) is 50.7 Å². The first-order valence-corrected chi connectivity index (χ1v) is 7.54. The van der Waals surface area contributed by atoms with Crippen molar-refractivity contribution >= 4 is 23.5 Å². The maximum atomic E-state index is 11.9. The maximum absolute atomic E-state index is 11.9. The van der Waals surface area contributed by atoms with Crippen molar-refractivity contribution in [3.8, 4) is 5.75 Å². The molecule has 0 saturated carbocycles. The zero-order valence-electron chi connectivity index (χ0n) is 12.3. The Morgan fingerprint density at radius 1 is 1.33 bits per heavy atom. The lowest BCUT2D eigenvalue weighted by molar-refractivity contribution is -0.127. The Hall–Kier alpha value is -2.14. The minimum absolute atomic E-state index is 0.276. The van der Waals surface area contributed by atoms with Gasteiger partial charge in [-0.3, -0.25) is 4.79 Å². The number of nitrogens with one attached hydrogen (secondary N) is 1. The summed E-state index contributed by atoms with van der Waals surface area (Å²) in [5.41, 5.74) is 4.69. The lowest BCUT2D eigenvalue weighted by Crippen LogP contribution is -2.33. The lowest BCUT2D eigenvalue weighted by Gasteiger charge is -2.14. The number of hydrogen-bond donors (Lipinski definition) is 1. The minimum atomic E-state index is -0.605.